The summed E-state index contributed by atoms with van der Waals surface area (Å²) in [5.74, 6) is 0.885. The van der Waals surface area contributed by atoms with Gasteiger partial charge in [0.05, 0.1) is 7.11 Å². The van der Waals surface area contributed by atoms with Gasteiger partial charge in [0.15, 0.2) is 0 Å². The number of nitrogens with zero attached hydrogens (tertiary/aromatic N) is 3. The maximum atomic E-state index is 5.19. The van der Waals surface area contributed by atoms with Gasteiger partial charge < -0.3 is 14.5 Å². The number of ether oxygens (including phenoxy) is 1. The molecule has 0 N–H and O–H groups in total. The first-order valence-electron chi connectivity index (χ1n) is 6.44. The third kappa shape index (κ3) is 5.98. The van der Waals surface area contributed by atoms with E-state index < -0.39 is 0 Å². The number of rotatable bonds is 8. The molecule has 4 heteroatoms. The van der Waals surface area contributed by atoms with Gasteiger partial charge in [-0.15, -0.1) is 0 Å². The zero-order valence-corrected chi connectivity index (χ0v) is 12.0. The summed E-state index contributed by atoms with van der Waals surface area (Å²) in [6, 6.07) is 3.89. The Labute approximate surface area is 111 Å². The molecular weight excluding hydrogens is 226 g/mol. The fourth-order valence-electron chi connectivity index (χ4n) is 1.79. The van der Waals surface area contributed by atoms with E-state index >= 15 is 0 Å². The van der Waals surface area contributed by atoms with Crippen molar-refractivity contribution in [2.24, 2.45) is 0 Å². The molecule has 0 aliphatic rings. The lowest BCUT2D eigenvalue weighted by Gasteiger charge is -2.17. The Morgan fingerprint density at radius 1 is 1.17 bits per heavy atom. The van der Waals surface area contributed by atoms with Crippen molar-refractivity contribution in [2.45, 2.75) is 12.8 Å². The van der Waals surface area contributed by atoms with Crippen molar-refractivity contribution in [1.82, 2.24) is 14.8 Å². The lowest BCUT2D eigenvalue weighted by Crippen LogP contribution is -2.25. The van der Waals surface area contributed by atoms with E-state index in [1.54, 1.807) is 13.3 Å². The average Bonchev–Trinajstić information content (AvgIpc) is 2.36. The Bertz CT molecular complexity index is 342. The molecule has 1 rings (SSSR count). The van der Waals surface area contributed by atoms with Gasteiger partial charge in [0.1, 0.15) is 5.75 Å². The highest BCUT2D eigenvalue weighted by Gasteiger charge is 2.02. The topological polar surface area (TPSA) is 28.6 Å². The first-order chi connectivity index (χ1) is 8.61. The van der Waals surface area contributed by atoms with Gasteiger partial charge in [-0.3, -0.25) is 4.98 Å². The number of aromatic nitrogens is 1. The number of hydrogen-bond donors (Lipinski definition) is 0. The van der Waals surface area contributed by atoms with Crippen LogP contribution in [0.2, 0.25) is 0 Å². The normalized spacial score (nSPS) is 11.2. The van der Waals surface area contributed by atoms with E-state index in [2.05, 4.69) is 35.9 Å². The Balaban J connectivity index is 2.26. The maximum Gasteiger partial charge on any atom is 0.122 e. The van der Waals surface area contributed by atoms with Crippen molar-refractivity contribution in [3.8, 4) is 5.75 Å². The molecule has 1 aromatic rings. The van der Waals surface area contributed by atoms with E-state index in [1.807, 2.05) is 12.1 Å². The van der Waals surface area contributed by atoms with E-state index in [0.717, 1.165) is 37.5 Å². The van der Waals surface area contributed by atoms with Crippen LogP contribution in [0.25, 0.3) is 0 Å². The summed E-state index contributed by atoms with van der Waals surface area (Å²) < 4.78 is 5.19. The van der Waals surface area contributed by atoms with Gasteiger partial charge in [-0.2, -0.15) is 0 Å². The fraction of sp³-hybridized carbons (Fsp3) is 0.643. The van der Waals surface area contributed by atoms with Crippen LogP contribution in [0.4, 0.5) is 0 Å². The second kappa shape index (κ2) is 8.06. The van der Waals surface area contributed by atoms with Crippen LogP contribution in [-0.4, -0.2) is 62.7 Å². The van der Waals surface area contributed by atoms with E-state index in [9.17, 15) is 0 Å². The Morgan fingerprint density at radius 3 is 2.61 bits per heavy atom. The Hall–Kier alpha value is -1.13. The van der Waals surface area contributed by atoms with Crippen LogP contribution in [0, 0.1) is 0 Å². The summed E-state index contributed by atoms with van der Waals surface area (Å²) >= 11 is 0. The summed E-state index contributed by atoms with van der Waals surface area (Å²) in [7, 11) is 8.07. The van der Waals surface area contributed by atoms with Crippen LogP contribution < -0.4 is 4.74 Å². The summed E-state index contributed by atoms with van der Waals surface area (Å²) in [4.78, 5) is 8.92. The van der Waals surface area contributed by atoms with Crippen molar-refractivity contribution in [2.75, 3.05) is 47.9 Å². The minimum absolute atomic E-state index is 0.885. The molecule has 1 heterocycles. The number of hydrogen-bond acceptors (Lipinski definition) is 4. The molecule has 0 bridgehead atoms. The van der Waals surface area contributed by atoms with Crippen LogP contribution in [0.15, 0.2) is 18.3 Å². The minimum atomic E-state index is 0.885. The molecule has 0 aliphatic carbocycles. The van der Waals surface area contributed by atoms with Crippen LogP contribution in [0.5, 0.6) is 5.75 Å². The minimum Gasteiger partial charge on any atom is -0.497 e. The molecule has 102 valence electrons. The highest BCUT2D eigenvalue weighted by molar-refractivity contribution is 5.22. The van der Waals surface area contributed by atoms with Crippen LogP contribution in [-0.2, 0) is 6.42 Å². The molecular formula is C14H25N3O. The molecule has 4 nitrogen and oxygen atoms in total. The SMILES string of the molecule is COc1ccnc(CCN(C)CCCN(C)C)c1. The number of methoxy groups -OCH3 is 1. The standard InChI is InChI=1S/C14H25N3O/c1-16(2)9-5-10-17(3)11-7-13-12-14(18-4)6-8-15-13/h6,8,12H,5,7,9-11H2,1-4H3. The van der Waals surface area contributed by atoms with Crippen molar-refractivity contribution in [3.05, 3.63) is 24.0 Å². The van der Waals surface area contributed by atoms with Crippen LogP contribution in [0.3, 0.4) is 0 Å². The molecule has 0 unspecified atom stereocenters. The molecule has 0 atom stereocenters. The first-order valence-corrected chi connectivity index (χ1v) is 6.44. The molecule has 0 aromatic carbocycles. The predicted octanol–water partition coefficient (Wildman–Crippen LogP) is 1.52. The second-order valence-corrected chi connectivity index (χ2v) is 4.90. The zero-order chi connectivity index (χ0) is 13.4. The van der Waals surface area contributed by atoms with Gasteiger partial charge in [0.25, 0.3) is 0 Å². The monoisotopic (exact) mass is 251 g/mol. The van der Waals surface area contributed by atoms with Crippen molar-refractivity contribution >= 4 is 0 Å². The molecule has 0 fully saturated rings. The zero-order valence-electron chi connectivity index (χ0n) is 12.0. The molecule has 0 spiro atoms. The van der Waals surface area contributed by atoms with Gasteiger partial charge in [-0.05, 0) is 46.7 Å². The summed E-state index contributed by atoms with van der Waals surface area (Å²) in [6.45, 7) is 3.30. The number of likely N-dealkylation sites (N-methyl/N-ethyl adjacent to an activating group) is 1. The highest BCUT2D eigenvalue weighted by Crippen LogP contribution is 2.10. The first kappa shape index (κ1) is 14.9. The second-order valence-electron chi connectivity index (χ2n) is 4.90. The molecule has 18 heavy (non-hydrogen) atoms. The van der Waals surface area contributed by atoms with Gasteiger partial charge in [0.2, 0.25) is 0 Å². The van der Waals surface area contributed by atoms with E-state index in [0.29, 0.717) is 0 Å². The smallest absolute Gasteiger partial charge is 0.122 e. The fourth-order valence-corrected chi connectivity index (χ4v) is 1.79. The van der Waals surface area contributed by atoms with Gasteiger partial charge in [0, 0.05) is 30.9 Å². The molecule has 0 saturated heterocycles. The van der Waals surface area contributed by atoms with Gasteiger partial charge >= 0.3 is 0 Å². The van der Waals surface area contributed by atoms with E-state index in [1.165, 1.54) is 6.42 Å². The lowest BCUT2D eigenvalue weighted by molar-refractivity contribution is 0.302. The summed E-state index contributed by atoms with van der Waals surface area (Å²) in [6.07, 6.45) is 3.98. The molecule has 0 amide bonds. The Kier molecular flexibility index (Phi) is 6.68. The molecule has 1 aromatic heterocycles. The summed E-state index contributed by atoms with van der Waals surface area (Å²) in [5.41, 5.74) is 1.09. The highest BCUT2D eigenvalue weighted by atomic mass is 16.5. The van der Waals surface area contributed by atoms with Gasteiger partial charge in [-0.25, -0.2) is 0 Å². The van der Waals surface area contributed by atoms with Crippen LogP contribution in [0.1, 0.15) is 12.1 Å². The maximum absolute atomic E-state index is 5.19. The molecule has 0 aliphatic heterocycles. The van der Waals surface area contributed by atoms with Gasteiger partial charge in [-0.1, -0.05) is 0 Å². The van der Waals surface area contributed by atoms with Crippen molar-refractivity contribution in [1.29, 1.82) is 0 Å². The van der Waals surface area contributed by atoms with E-state index in [-0.39, 0.29) is 0 Å². The lowest BCUT2D eigenvalue weighted by atomic mass is 10.2. The third-order valence-electron chi connectivity index (χ3n) is 2.92. The van der Waals surface area contributed by atoms with Crippen LogP contribution >= 0.6 is 0 Å². The molecule has 0 saturated carbocycles. The third-order valence-corrected chi connectivity index (χ3v) is 2.92. The van der Waals surface area contributed by atoms with Crippen molar-refractivity contribution < 1.29 is 4.74 Å². The average molecular weight is 251 g/mol. The molecule has 0 radical (unpaired) electrons. The Morgan fingerprint density at radius 2 is 1.94 bits per heavy atom. The predicted molar refractivity (Wildman–Crippen MR) is 75.2 cm³/mol. The number of pyridine rings is 1. The quantitative estimate of drug-likeness (QED) is 0.700. The van der Waals surface area contributed by atoms with E-state index in [4.69, 9.17) is 4.74 Å². The summed E-state index contributed by atoms with van der Waals surface area (Å²) in [5, 5.41) is 0. The van der Waals surface area contributed by atoms with Crippen molar-refractivity contribution in [3.63, 3.8) is 0 Å². The largest absolute Gasteiger partial charge is 0.497 e.